The summed E-state index contributed by atoms with van der Waals surface area (Å²) < 4.78 is 6.12. The van der Waals surface area contributed by atoms with Crippen LogP contribution in [0.4, 0.5) is 0 Å². The van der Waals surface area contributed by atoms with Gasteiger partial charge in [-0.25, -0.2) is 0 Å². The molecule has 110 valence electrons. The third-order valence-corrected chi connectivity index (χ3v) is 7.37. The van der Waals surface area contributed by atoms with Crippen molar-refractivity contribution in [2.45, 2.75) is 63.6 Å². The van der Waals surface area contributed by atoms with E-state index in [1.54, 1.807) is 0 Å². The van der Waals surface area contributed by atoms with Crippen LogP contribution < -0.4 is 0 Å². The smallest absolute Gasteiger partial charge is 0.0784 e. The largest absolute Gasteiger partial charge is 0.389 e. The molecule has 2 heterocycles. The Bertz CT molecular complexity index is 327. The highest BCUT2D eigenvalue weighted by Crippen LogP contribution is 2.50. The summed E-state index contributed by atoms with van der Waals surface area (Å²) in [5.74, 6) is 3.93. The maximum absolute atomic E-state index is 11.3. The van der Waals surface area contributed by atoms with Crippen LogP contribution in [-0.2, 0) is 4.74 Å². The van der Waals surface area contributed by atoms with E-state index >= 15 is 0 Å². The summed E-state index contributed by atoms with van der Waals surface area (Å²) in [5.41, 5.74) is -0.328. The number of aliphatic hydroxyl groups is 1. The van der Waals surface area contributed by atoms with Gasteiger partial charge in [-0.05, 0) is 49.2 Å². The highest BCUT2D eigenvalue weighted by Gasteiger charge is 2.51. The summed E-state index contributed by atoms with van der Waals surface area (Å²) in [4.78, 5) is 0. The van der Waals surface area contributed by atoms with Crippen molar-refractivity contribution in [3.63, 3.8) is 0 Å². The molecule has 0 bridgehead atoms. The lowest BCUT2D eigenvalue weighted by Crippen LogP contribution is -2.54. The van der Waals surface area contributed by atoms with E-state index in [-0.39, 0.29) is 5.60 Å². The molecule has 0 aromatic carbocycles. The van der Waals surface area contributed by atoms with Gasteiger partial charge in [0.15, 0.2) is 0 Å². The van der Waals surface area contributed by atoms with E-state index in [0.29, 0.717) is 17.8 Å². The molecule has 2 aliphatic heterocycles. The minimum absolute atomic E-state index is 0.101. The second-order valence-corrected chi connectivity index (χ2v) is 8.28. The first-order chi connectivity index (χ1) is 9.06. The lowest BCUT2D eigenvalue weighted by atomic mass is 9.61. The van der Waals surface area contributed by atoms with Crippen LogP contribution in [0.3, 0.4) is 0 Å². The van der Waals surface area contributed by atoms with Crippen molar-refractivity contribution in [3.8, 4) is 0 Å². The fourth-order valence-electron chi connectivity index (χ4n) is 4.57. The molecule has 1 N–H and O–H groups in total. The standard InChI is InChI=1S/C16H28O2S/c1-12-4-3-6-16(17,13(12)2)14-5-8-18-15(10-14)7-9-19-11-15/h12-14,17H,3-11H2,1-2H3. The summed E-state index contributed by atoms with van der Waals surface area (Å²) in [6, 6.07) is 0. The van der Waals surface area contributed by atoms with Gasteiger partial charge in [-0.15, -0.1) is 0 Å². The Hall–Kier alpha value is 0.270. The van der Waals surface area contributed by atoms with Crippen molar-refractivity contribution in [2.24, 2.45) is 17.8 Å². The third kappa shape index (κ3) is 2.47. The molecule has 0 aromatic heterocycles. The normalized spacial score (nSPS) is 51.6. The number of rotatable bonds is 1. The quantitative estimate of drug-likeness (QED) is 0.799. The van der Waals surface area contributed by atoms with Crippen LogP contribution >= 0.6 is 11.8 Å². The second-order valence-electron chi connectivity index (χ2n) is 7.17. The first-order valence-electron chi connectivity index (χ1n) is 8.00. The molecule has 0 aromatic rings. The third-order valence-electron chi connectivity index (χ3n) is 6.15. The first-order valence-corrected chi connectivity index (χ1v) is 9.15. The molecular weight excluding hydrogens is 256 g/mol. The molecule has 0 amide bonds. The van der Waals surface area contributed by atoms with Crippen LogP contribution in [0.15, 0.2) is 0 Å². The Morgan fingerprint density at radius 3 is 2.79 bits per heavy atom. The van der Waals surface area contributed by atoms with Crippen molar-refractivity contribution in [1.82, 2.24) is 0 Å². The molecular formula is C16H28O2S. The van der Waals surface area contributed by atoms with Crippen LogP contribution in [0.5, 0.6) is 0 Å². The van der Waals surface area contributed by atoms with Gasteiger partial charge in [0.2, 0.25) is 0 Å². The Kier molecular flexibility index (Phi) is 3.92. The fraction of sp³-hybridized carbons (Fsp3) is 1.00. The minimum Gasteiger partial charge on any atom is -0.389 e. The van der Waals surface area contributed by atoms with E-state index in [4.69, 9.17) is 4.74 Å². The first kappa shape index (κ1) is 14.2. The van der Waals surface area contributed by atoms with Gasteiger partial charge < -0.3 is 9.84 Å². The predicted molar refractivity (Wildman–Crippen MR) is 80.5 cm³/mol. The van der Waals surface area contributed by atoms with Crippen molar-refractivity contribution in [1.29, 1.82) is 0 Å². The van der Waals surface area contributed by atoms with E-state index < -0.39 is 5.60 Å². The molecule has 1 aliphatic carbocycles. The molecule has 1 saturated carbocycles. The van der Waals surface area contributed by atoms with E-state index in [1.165, 1.54) is 25.0 Å². The topological polar surface area (TPSA) is 29.5 Å². The van der Waals surface area contributed by atoms with Gasteiger partial charge in [0, 0.05) is 12.4 Å². The van der Waals surface area contributed by atoms with Crippen LogP contribution in [0.25, 0.3) is 0 Å². The summed E-state index contributed by atoms with van der Waals surface area (Å²) in [5, 5.41) is 11.3. The monoisotopic (exact) mass is 284 g/mol. The zero-order chi connectivity index (χ0) is 13.5. The SMILES string of the molecule is CC1CCCC(O)(C2CCOC3(CCSC3)C2)C1C. The molecule has 5 atom stereocenters. The average Bonchev–Trinajstić information content (AvgIpc) is 2.84. The molecule has 5 unspecified atom stereocenters. The highest BCUT2D eigenvalue weighted by molar-refractivity contribution is 7.99. The Balaban J connectivity index is 1.76. The minimum atomic E-state index is -0.429. The molecule has 0 radical (unpaired) electrons. The Labute approximate surface area is 121 Å². The molecule has 3 heteroatoms. The van der Waals surface area contributed by atoms with Crippen molar-refractivity contribution in [3.05, 3.63) is 0 Å². The van der Waals surface area contributed by atoms with Gasteiger partial charge in [0.05, 0.1) is 11.2 Å². The lowest BCUT2D eigenvalue weighted by Gasteiger charge is -2.51. The summed E-state index contributed by atoms with van der Waals surface area (Å²) in [7, 11) is 0. The van der Waals surface area contributed by atoms with E-state index in [0.717, 1.165) is 31.6 Å². The molecule has 3 aliphatic rings. The van der Waals surface area contributed by atoms with Crippen molar-refractivity contribution < 1.29 is 9.84 Å². The van der Waals surface area contributed by atoms with Crippen LogP contribution in [0, 0.1) is 17.8 Å². The zero-order valence-corrected chi connectivity index (χ0v) is 13.2. The molecule has 3 rings (SSSR count). The molecule has 3 fully saturated rings. The fourth-order valence-corrected chi connectivity index (χ4v) is 5.95. The maximum atomic E-state index is 11.3. The zero-order valence-electron chi connectivity index (χ0n) is 12.4. The van der Waals surface area contributed by atoms with Crippen molar-refractivity contribution in [2.75, 3.05) is 18.1 Å². The highest BCUT2D eigenvalue weighted by atomic mass is 32.2. The summed E-state index contributed by atoms with van der Waals surface area (Å²) in [6.45, 7) is 5.44. The molecule has 2 nitrogen and oxygen atoms in total. The van der Waals surface area contributed by atoms with Gasteiger partial charge >= 0.3 is 0 Å². The second kappa shape index (κ2) is 5.23. The summed E-state index contributed by atoms with van der Waals surface area (Å²) in [6.07, 6.45) is 6.82. The van der Waals surface area contributed by atoms with Crippen LogP contribution in [0.1, 0.15) is 52.4 Å². The maximum Gasteiger partial charge on any atom is 0.0784 e. The predicted octanol–water partition coefficient (Wildman–Crippen LogP) is 3.48. The summed E-state index contributed by atoms with van der Waals surface area (Å²) >= 11 is 2.02. The number of ether oxygens (including phenoxy) is 1. The Morgan fingerprint density at radius 1 is 1.21 bits per heavy atom. The van der Waals surface area contributed by atoms with E-state index in [2.05, 4.69) is 13.8 Å². The van der Waals surface area contributed by atoms with Crippen molar-refractivity contribution >= 4 is 11.8 Å². The van der Waals surface area contributed by atoms with Crippen LogP contribution in [-0.4, -0.2) is 34.4 Å². The molecule has 19 heavy (non-hydrogen) atoms. The van der Waals surface area contributed by atoms with Gasteiger partial charge in [-0.2, -0.15) is 11.8 Å². The molecule has 2 saturated heterocycles. The van der Waals surface area contributed by atoms with Crippen LogP contribution in [0.2, 0.25) is 0 Å². The van der Waals surface area contributed by atoms with Gasteiger partial charge in [0.1, 0.15) is 0 Å². The molecule has 1 spiro atoms. The average molecular weight is 284 g/mol. The van der Waals surface area contributed by atoms with Gasteiger partial charge in [-0.1, -0.05) is 26.7 Å². The number of thioether (sulfide) groups is 1. The number of hydrogen-bond donors (Lipinski definition) is 1. The van der Waals surface area contributed by atoms with Gasteiger partial charge in [0.25, 0.3) is 0 Å². The van der Waals surface area contributed by atoms with E-state index in [1.807, 2.05) is 11.8 Å². The van der Waals surface area contributed by atoms with E-state index in [9.17, 15) is 5.11 Å². The Morgan fingerprint density at radius 2 is 2.05 bits per heavy atom. The lowest BCUT2D eigenvalue weighted by molar-refractivity contribution is -0.167. The number of hydrogen-bond acceptors (Lipinski definition) is 3. The van der Waals surface area contributed by atoms with Gasteiger partial charge in [-0.3, -0.25) is 0 Å².